The van der Waals surface area contributed by atoms with Gasteiger partial charge in [0.25, 0.3) is 0 Å². The minimum Gasteiger partial charge on any atom is -0.239 e. The van der Waals surface area contributed by atoms with Gasteiger partial charge >= 0.3 is 0 Å². The van der Waals surface area contributed by atoms with E-state index in [9.17, 15) is 0 Å². The first kappa shape index (κ1) is 14.5. The summed E-state index contributed by atoms with van der Waals surface area (Å²) >= 11 is 0. The Kier molecular flexibility index (Phi) is 4.33. The highest BCUT2D eigenvalue weighted by atomic mass is 15.5. The van der Waals surface area contributed by atoms with Crippen molar-refractivity contribution in [1.29, 1.82) is 0 Å². The van der Waals surface area contributed by atoms with Crippen molar-refractivity contribution in [2.75, 3.05) is 0 Å². The molecule has 0 spiro atoms. The molecule has 0 aromatic carbocycles. The highest BCUT2D eigenvalue weighted by Crippen LogP contribution is 2.40. The molecule has 0 fully saturated rings. The molecule has 1 aliphatic rings. The average Bonchev–Trinajstić information content (AvgIpc) is 2.50. The van der Waals surface area contributed by atoms with Crippen molar-refractivity contribution < 1.29 is 0 Å². The van der Waals surface area contributed by atoms with E-state index < -0.39 is 0 Å². The van der Waals surface area contributed by atoms with Crippen molar-refractivity contribution in [1.82, 2.24) is 5.01 Å². The highest BCUT2D eigenvalue weighted by molar-refractivity contribution is 5.58. The number of rotatable bonds is 4. The Hall–Kier alpha value is -1.57. The van der Waals surface area contributed by atoms with Gasteiger partial charge in [-0.3, -0.25) is 0 Å². The van der Waals surface area contributed by atoms with Crippen LogP contribution in [0.3, 0.4) is 0 Å². The summed E-state index contributed by atoms with van der Waals surface area (Å²) in [7, 11) is 0. The SMILES string of the molecule is C=C(C)N(/N=C\C)C(=C)C1=C(C)C(C)C(C)=C1C. The van der Waals surface area contributed by atoms with Crippen LogP contribution >= 0.6 is 0 Å². The van der Waals surface area contributed by atoms with E-state index in [2.05, 4.69) is 46.0 Å². The zero-order valence-corrected chi connectivity index (χ0v) is 12.5. The molecule has 0 saturated heterocycles. The van der Waals surface area contributed by atoms with E-state index in [4.69, 9.17) is 0 Å². The van der Waals surface area contributed by atoms with Crippen molar-refractivity contribution in [3.05, 3.63) is 46.8 Å². The van der Waals surface area contributed by atoms with E-state index in [-0.39, 0.29) is 0 Å². The molecule has 2 heteroatoms. The maximum atomic E-state index is 4.34. The molecule has 0 bridgehead atoms. The van der Waals surface area contributed by atoms with Crippen molar-refractivity contribution >= 4 is 6.21 Å². The first-order valence-electron chi connectivity index (χ1n) is 6.34. The Morgan fingerprint density at radius 2 is 1.78 bits per heavy atom. The lowest BCUT2D eigenvalue weighted by molar-refractivity contribution is 0.470. The number of hydrogen-bond donors (Lipinski definition) is 0. The van der Waals surface area contributed by atoms with Crippen LogP contribution in [0.15, 0.2) is 51.9 Å². The second kappa shape index (κ2) is 5.38. The summed E-state index contributed by atoms with van der Waals surface area (Å²) in [5.74, 6) is 0.495. The highest BCUT2D eigenvalue weighted by Gasteiger charge is 2.26. The molecule has 0 heterocycles. The molecular weight excluding hydrogens is 220 g/mol. The standard InChI is InChI=1S/C16H24N2/c1-9-17-18(10(2)3)15(8)16-13(6)11(4)12(5)14(16)7/h9,11H,2,8H2,1,3-7H3/b17-9-. The zero-order chi connectivity index (χ0) is 14.0. The topological polar surface area (TPSA) is 15.6 Å². The quantitative estimate of drug-likeness (QED) is 0.519. The van der Waals surface area contributed by atoms with Crippen LogP contribution in [-0.4, -0.2) is 11.2 Å². The van der Waals surface area contributed by atoms with E-state index in [0.717, 1.165) is 11.4 Å². The van der Waals surface area contributed by atoms with Crippen LogP contribution < -0.4 is 0 Å². The maximum Gasteiger partial charge on any atom is 0.0651 e. The summed E-state index contributed by atoms with van der Waals surface area (Å²) < 4.78 is 0. The van der Waals surface area contributed by atoms with Gasteiger partial charge in [-0.25, -0.2) is 5.01 Å². The van der Waals surface area contributed by atoms with Crippen LogP contribution in [0.25, 0.3) is 0 Å². The second-order valence-electron chi connectivity index (χ2n) is 4.96. The Labute approximate surface area is 111 Å². The zero-order valence-electron chi connectivity index (χ0n) is 12.5. The average molecular weight is 244 g/mol. The predicted molar refractivity (Wildman–Crippen MR) is 80.2 cm³/mol. The molecule has 0 aliphatic heterocycles. The largest absolute Gasteiger partial charge is 0.239 e. The van der Waals surface area contributed by atoms with Crippen molar-refractivity contribution in [2.45, 2.75) is 41.5 Å². The normalized spacial score (nSPS) is 20.0. The van der Waals surface area contributed by atoms with Crippen LogP contribution in [-0.2, 0) is 0 Å². The van der Waals surface area contributed by atoms with Crippen LogP contribution in [0.4, 0.5) is 0 Å². The summed E-state index contributed by atoms with van der Waals surface area (Å²) in [4.78, 5) is 0. The molecule has 0 radical (unpaired) electrons. The lowest BCUT2D eigenvalue weighted by atomic mass is 9.99. The fraction of sp³-hybridized carbons (Fsp3) is 0.438. The third kappa shape index (κ3) is 2.33. The van der Waals surface area contributed by atoms with E-state index in [1.165, 1.54) is 22.3 Å². The van der Waals surface area contributed by atoms with Gasteiger partial charge in [0.2, 0.25) is 0 Å². The van der Waals surface area contributed by atoms with Gasteiger partial charge in [0.15, 0.2) is 0 Å². The molecule has 0 amide bonds. The monoisotopic (exact) mass is 244 g/mol. The molecule has 1 aliphatic carbocycles. The lowest BCUT2D eigenvalue weighted by Gasteiger charge is -2.23. The van der Waals surface area contributed by atoms with Gasteiger partial charge in [0.1, 0.15) is 0 Å². The lowest BCUT2D eigenvalue weighted by Crippen LogP contribution is -2.15. The summed E-state index contributed by atoms with van der Waals surface area (Å²) in [5.41, 5.74) is 7.14. The number of hydrazone groups is 1. The summed E-state index contributed by atoms with van der Waals surface area (Å²) in [6, 6.07) is 0. The van der Waals surface area contributed by atoms with E-state index in [1.807, 2.05) is 18.9 Å². The Bertz CT molecular complexity index is 475. The Morgan fingerprint density at radius 1 is 1.22 bits per heavy atom. The van der Waals surface area contributed by atoms with Crippen molar-refractivity contribution in [3.63, 3.8) is 0 Å². The van der Waals surface area contributed by atoms with Gasteiger partial charge in [-0.1, -0.05) is 31.2 Å². The van der Waals surface area contributed by atoms with Gasteiger partial charge in [-0.2, -0.15) is 5.10 Å². The van der Waals surface area contributed by atoms with Gasteiger partial charge in [0, 0.05) is 17.5 Å². The predicted octanol–water partition coefficient (Wildman–Crippen LogP) is 4.64. The minimum atomic E-state index is 0.495. The van der Waals surface area contributed by atoms with E-state index >= 15 is 0 Å². The van der Waals surface area contributed by atoms with Gasteiger partial charge in [-0.15, -0.1) is 0 Å². The van der Waals surface area contributed by atoms with Crippen molar-refractivity contribution in [2.24, 2.45) is 11.0 Å². The Morgan fingerprint density at radius 3 is 2.11 bits per heavy atom. The number of allylic oxidation sites excluding steroid dienone is 4. The number of hydrogen-bond acceptors (Lipinski definition) is 2. The summed E-state index contributed by atoms with van der Waals surface area (Å²) in [5, 5.41) is 6.15. The third-order valence-corrected chi connectivity index (χ3v) is 3.80. The maximum absolute atomic E-state index is 4.34. The molecule has 98 valence electrons. The van der Waals surface area contributed by atoms with Crippen LogP contribution in [0.5, 0.6) is 0 Å². The number of nitrogens with zero attached hydrogens (tertiary/aromatic N) is 2. The third-order valence-electron chi connectivity index (χ3n) is 3.80. The summed E-state index contributed by atoms with van der Waals surface area (Å²) in [6.07, 6.45) is 1.76. The van der Waals surface area contributed by atoms with Crippen LogP contribution in [0.1, 0.15) is 41.5 Å². The van der Waals surface area contributed by atoms with E-state index in [1.54, 1.807) is 6.21 Å². The molecule has 0 aromatic heterocycles. The molecule has 0 aromatic rings. The fourth-order valence-electron chi connectivity index (χ4n) is 2.42. The van der Waals surface area contributed by atoms with Gasteiger partial charge < -0.3 is 0 Å². The molecule has 0 N–H and O–H groups in total. The molecule has 0 saturated carbocycles. The van der Waals surface area contributed by atoms with Gasteiger partial charge in [-0.05, 0) is 46.1 Å². The first-order valence-corrected chi connectivity index (χ1v) is 6.34. The van der Waals surface area contributed by atoms with Crippen LogP contribution in [0.2, 0.25) is 0 Å². The molecule has 1 unspecified atom stereocenters. The minimum absolute atomic E-state index is 0.495. The van der Waals surface area contributed by atoms with E-state index in [0.29, 0.717) is 5.92 Å². The van der Waals surface area contributed by atoms with Crippen molar-refractivity contribution in [3.8, 4) is 0 Å². The molecule has 2 nitrogen and oxygen atoms in total. The second-order valence-corrected chi connectivity index (χ2v) is 4.96. The van der Waals surface area contributed by atoms with Gasteiger partial charge in [0.05, 0.1) is 5.70 Å². The summed E-state index contributed by atoms with van der Waals surface area (Å²) in [6.45, 7) is 20.8. The van der Waals surface area contributed by atoms with Crippen LogP contribution in [0, 0.1) is 5.92 Å². The first-order chi connectivity index (χ1) is 8.32. The molecule has 18 heavy (non-hydrogen) atoms. The fourth-order valence-corrected chi connectivity index (χ4v) is 2.42. The Balaban J connectivity index is 3.23. The molecular formula is C16H24N2. The smallest absolute Gasteiger partial charge is 0.0651 e. The molecule has 1 atom stereocenters. The molecule has 1 rings (SSSR count).